The third kappa shape index (κ3) is 2.08. The predicted molar refractivity (Wildman–Crippen MR) is 87.6 cm³/mol. The van der Waals surface area contributed by atoms with Crippen molar-refractivity contribution in [3.05, 3.63) is 47.9 Å². The minimum Gasteiger partial charge on any atom is -0.317 e. The third-order valence-corrected chi connectivity index (χ3v) is 4.47. The highest BCUT2D eigenvalue weighted by molar-refractivity contribution is 7.13. The van der Waals surface area contributed by atoms with Gasteiger partial charge in [0.25, 0.3) is 0 Å². The Morgan fingerprint density at radius 3 is 2.82 bits per heavy atom. The maximum absolute atomic E-state index is 4.75. The van der Waals surface area contributed by atoms with Gasteiger partial charge in [-0.05, 0) is 36.8 Å². The van der Waals surface area contributed by atoms with Crippen molar-refractivity contribution in [2.24, 2.45) is 7.05 Å². The molecule has 0 bridgehead atoms. The van der Waals surface area contributed by atoms with Gasteiger partial charge in [-0.15, -0.1) is 21.5 Å². The second-order valence-electron chi connectivity index (χ2n) is 5.19. The van der Waals surface area contributed by atoms with E-state index in [1.807, 2.05) is 35.5 Å². The molecular formula is C16H13N5S. The zero-order valence-electron chi connectivity index (χ0n) is 12.2. The molecule has 3 heterocycles. The van der Waals surface area contributed by atoms with Gasteiger partial charge >= 0.3 is 0 Å². The summed E-state index contributed by atoms with van der Waals surface area (Å²) in [6.45, 7) is 2.11. The summed E-state index contributed by atoms with van der Waals surface area (Å²) in [7, 11) is 1.94. The number of nitrogens with zero attached hydrogens (tertiary/aromatic N) is 5. The van der Waals surface area contributed by atoms with Gasteiger partial charge in [0.1, 0.15) is 6.33 Å². The number of hydrogen-bond donors (Lipinski definition) is 0. The fourth-order valence-electron chi connectivity index (χ4n) is 2.55. The van der Waals surface area contributed by atoms with Gasteiger partial charge in [0.15, 0.2) is 5.82 Å². The molecule has 0 saturated heterocycles. The molecule has 0 saturated carbocycles. The molecule has 0 fully saturated rings. The van der Waals surface area contributed by atoms with Crippen LogP contribution in [0.5, 0.6) is 0 Å². The Bertz CT molecular complexity index is 956. The normalized spacial score (nSPS) is 11.2. The highest BCUT2D eigenvalue weighted by Crippen LogP contribution is 2.29. The zero-order chi connectivity index (χ0) is 15.1. The number of benzene rings is 1. The van der Waals surface area contributed by atoms with Crippen LogP contribution in [0.1, 0.15) is 5.56 Å². The molecule has 0 aliphatic rings. The fraction of sp³-hybridized carbons (Fsp3) is 0.125. The van der Waals surface area contributed by atoms with Crippen molar-refractivity contribution in [2.45, 2.75) is 6.92 Å². The quantitative estimate of drug-likeness (QED) is 0.569. The molecule has 0 aliphatic heterocycles. The van der Waals surface area contributed by atoms with E-state index in [9.17, 15) is 0 Å². The first-order valence-electron chi connectivity index (χ1n) is 6.87. The number of rotatable bonds is 2. The molecule has 1 aromatic carbocycles. The molecule has 0 unspecified atom stereocenters. The van der Waals surface area contributed by atoms with Crippen molar-refractivity contribution in [3.63, 3.8) is 0 Å². The molecule has 0 N–H and O–H groups in total. The second-order valence-corrected chi connectivity index (χ2v) is 6.07. The second kappa shape index (κ2) is 4.99. The van der Waals surface area contributed by atoms with E-state index in [0.717, 1.165) is 32.9 Å². The van der Waals surface area contributed by atoms with E-state index in [-0.39, 0.29) is 0 Å². The van der Waals surface area contributed by atoms with Crippen molar-refractivity contribution >= 4 is 22.2 Å². The Balaban J connectivity index is 1.90. The van der Waals surface area contributed by atoms with E-state index in [2.05, 4.69) is 34.2 Å². The summed E-state index contributed by atoms with van der Waals surface area (Å²) < 4.78 is 1.91. The van der Waals surface area contributed by atoms with Gasteiger partial charge in [-0.3, -0.25) is 4.98 Å². The molecule has 6 heteroatoms. The van der Waals surface area contributed by atoms with Crippen LogP contribution in [0.4, 0.5) is 0 Å². The first-order chi connectivity index (χ1) is 10.7. The Hall–Kier alpha value is -2.60. The minimum absolute atomic E-state index is 0.854. The highest BCUT2D eigenvalue weighted by atomic mass is 32.1. The molecule has 4 rings (SSSR count). The van der Waals surface area contributed by atoms with E-state index in [0.29, 0.717) is 0 Å². The van der Waals surface area contributed by atoms with Crippen LogP contribution in [-0.2, 0) is 7.05 Å². The van der Waals surface area contributed by atoms with Crippen molar-refractivity contribution in [3.8, 4) is 22.0 Å². The first kappa shape index (κ1) is 13.1. The van der Waals surface area contributed by atoms with E-state index in [1.165, 1.54) is 5.56 Å². The summed E-state index contributed by atoms with van der Waals surface area (Å²) >= 11 is 1.60. The largest absolute Gasteiger partial charge is 0.317 e. The molecule has 5 nitrogen and oxygen atoms in total. The van der Waals surface area contributed by atoms with Crippen molar-refractivity contribution in [1.29, 1.82) is 0 Å². The van der Waals surface area contributed by atoms with Gasteiger partial charge in [-0.1, -0.05) is 0 Å². The molecule has 0 spiro atoms. The van der Waals surface area contributed by atoms with E-state index < -0.39 is 0 Å². The van der Waals surface area contributed by atoms with Crippen LogP contribution >= 0.6 is 11.3 Å². The summed E-state index contributed by atoms with van der Waals surface area (Å²) in [6.07, 6.45) is 3.56. The van der Waals surface area contributed by atoms with Crippen LogP contribution < -0.4 is 0 Å². The number of aryl methyl sites for hydroxylation is 2. The SMILES string of the molecule is Cc1cc(-c2cncs2)nc2ccc(-c3nncn3C)cc12. The number of hydrogen-bond acceptors (Lipinski definition) is 5. The first-order valence-corrected chi connectivity index (χ1v) is 7.75. The Kier molecular flexibility index (Phi) is 2.97. The summed E-state index contributed by atoms with van der Waals surface area (Å²) in [5, 5.41) is 9.24. The molecule has 3 aromatic heterocycles. The van der Waals surface area contributed by atoms with E-state index >= 15 is 0 Å². The van der Waals surface area contributed by atoms with Gasteiger partial charge in [-0.2, -0.15) is 0 Å². The van der Waals surface area contributed by atoms with Crippen LogP contribution in [-0.4, -0.2) is 24.7 Å². The summed E-state index contributed by atoms with van der Waals surface area (Å²) in [4.78, 5) is 9.96. The topological polar surface area (TPSA) is 56.5 Å². The molecule has 0 radical (unpaired) electrons. The van der Waals surface area contributed by atoms with Crippen LogP contribution in [0.15, 0.2) is 42.3 Å². The average Bonchev–Trinajstić information content (AvgIpc) is 3.18. The van der Waals surface area contributed by atoms with E-state index in [1.54, 1.807) is 17.7 Å². The molecule has 0 amide bonds. The summed E-state index contributed by atoms with van der Waals surface area (Å²) in [6, 6.07) is 8.31. The number of thiazole rings is 1. The lowest BCUT2D eigenvalue weighted by Crippen LogP contribution is -1.93. The Labute approximate surface area is 131 Å². The molecule has 22 heavy (non-hydrogen) atoms. The average molecular weight is 307 g/mol. The molecule has 108 valence electrons. The number of aromatic nitrogens is 5. The summed E-state index contributed by atoms with van der Waals surface area (Å²) in [5.41, 5.74) is 6.02. The maximum Gasteiger partial charge on any atom is 0.163 e. The van der Waals surface area contributed by atoms with Crippen LogP contribution in [0, 0.1) is 6.92 Å². The van der Waals surface area contributed by atoms with Gasteiger partial charge in [0.05, 0.1) is 21.6 Å². The zero-order valence-corrected chi connectivity index (χ0v) is 13.0. The van der Waals surface area contributed by atoms with Crippen molar-refractivity contribution in [1.82, 2.24) is 24.7 Å². The maximum atomic E-state index is 4.75. The Morgan fingerprint density at radius 1 is 1.18 bits per heavy atom. The monoisotopic (exact) mass is 307 g/mol. The third-order valence-electron chi connectivity index (χ3n) is 3.67. The number of fused-ring (bicyclic) bond motifs is 1. The van der Waals surface area contributed by atoms with Crippen molar-refractivity contribution in [2.75, 3.05) is 0 Å². The van der Waals surface area contributed by atoms with Gasteiger partial charge in [-0.25, -0.2) is 4.98 Å². The molecule has 0 atom stereocenters. The van der Waals surface area contributed by atoms with Crippen LogP contribution in [0.3, 0.4) is 0 Å². The van der Waals surface area contributed by atoms with Crippen LogP contribution in [0.2, 0.25) is 0 Å². The fourth-order valence-corrected chi connectivity index (χ4v) is 3.13. The van der Waals surface area contributed by atoms with Crippen LogP contribution in [0.25, 0.3) is 32.9 Å². The van der Waals surface area contributed by atoms with Gasteiger partial charge in [0, 0.05) is 24.2 Å². The van der Waals surface area contributed by atoms with Crippen molar-refractivity contribution < 1.29 is 0 Å². The molecular weight excluding hydrogens is 294 g/mol. The Morgan fingerprint density at radius 2 is 2.09 bits per heavy atom. The lowest BCUT2D eigenvalue weighted by atomic mass is 10.0. The van der Waals surface area contributed by atoms with E-state index in [4.69, 9.17) is 4.98 Å². The smallest absolute Gasteiger partial charge is 0.163 e. The lowest BCUT2D eigenvalue weighted by molar-refractivity contribution is 0.920. The lowest BCUT2D eigenvalue weighted by Gasteiger charge is -2.07. The predicted octanol–water partition coefficient (Wildman–Crippen LogP) is 3.46. The highest BCUT2D eigenvalue weighted by Gasteiger charge is 2.10. The molecule has 4 aromatic rings. The summed E-state index contributed by atoms with van der Waals surface area (Å²) in [5.74, 6) is 0.854. The van der Waals surface area contributed by atoms with Gasteiger partial charge in [0.2, 0.25) is 0 Å². The standard InChI is InChI=1S/C16H13N5S/c1-10-5-14(15-7-17-9-22-15)19-13-4-3-11(6-12(10)13)16-20-18-8-21(16)2/h3-9H,1-2H3. The molecule has 0 aliphatic carbocycles. The minimum atomic E-state index is 0.854. The number of pyridine rings is 1. The van der Waals surface area contributed by atoms with Gasteiger partial charge < -0.3 is 4.57 Å².